The standard InChI is InChI=1S/C98H50F24N8/c99-91(100,101)65-33-61(34-66(47-65)92(102,103)104)57-23-27-79-73(41-57)74-42-58(62-35-67(93(105,106)107)48-68(36-62)94(108,109)110)24-28-80(74)129(79)83-31-21-55(45-77(83)89-125-85(51-13-5-1-6-14-51)123-86(126-89)52-15-7-2-8-16-52)56-22-32-84(78(46-56)90-127-87(53-17-9-3-10-18-53)124-88(128-90)54-19-11-4-12-20-54)130-81-29-25-59(63-37-69(95(111,112)113)49-70(38-63)96(114,115)116)43-75(81)76-44-60(26-30-82(76)130)64-39-71(97(117,118)119)50-72(40-64)98(120,121)122/h1-50H. The molecule has 0 fully saturated rings. The van der Waals surface area contributed by atoms with Crippen molar-refractivity contribution in [3.63, 3.8) is 0 Å². The van der Waals surface area contributed by atoms with Crippen molar-refractivity contribution in [1.29, 1.82) is 0 Å². The highest BCUT2D eigenvalue weighted by Crippen LogP contribution is 2.50. The summed E-state index contributed by atoms with van der Waals surface area (Å²) in [5, 5.41) is -0.162. The summed E-state index contributed by atoms with van der Waals surface area (Å²) in [5.74, 6) is -0.00180. The van der Waals surface area contributed by atoms with E-state index in [1.807, 2.05) is 0 Å². The predicted octanol–water partition coefficient (Wildman–Crippen LogP) is 30.7. The summed E-state index contributed by atoms with van der Waals surface area (Å²) in [4.78, 5) is 30.3. The number of benzene rings is 14. The summed E-state index contributed by atoms with van der Waals surface area (Å²) in [5.41, 5.74) is -14.5. The van der Waals surface area contributed by atoms with Crippen molar-refractivity contribution in [1.82, 2.24) is 39.0 Å². The third kappa shape index (κ3) is 16.7. The van der Waals surface area contributed by atoms with Gasteiger partial charge in [0.1, 0.15) is 0 Å². The van der Waals surface area contributed by atoms with Gasteiger partial charge in [-0.3, -0.25) is 0 Å². The number of fused-ring (bicyclic) bond motifs is 6. The summed E-state index contributed by atoms with van der Waals surface area (Å²) in [6, 6.07) is 61.7. The maximum Gasteiger partial charge on any atom is 0.416 e. The Kier molecular flexibility index (Phi) is 20.8. The Bertz CT molecular complexity index is 6560. The van der Waals surface area contributed by atoms with E-state index in [2.05, 4.69) is 0 Å². The Morgan fingerprint density at radius 2 is 0.331 bits per heavy atom. The monoisotopic (exact) mass is 1790 g/mol. The Morgan fingerprint density at radius 1 is 0.154 bits per heavy atom. The zero-order chi connectivity index (χ0) is 91.8. The van der Waals surface area contributed by atoms with E-state index in [9.17, 15) is 105 Å². The third-order valence-corrected chi connectivity index (χ3v) is 21.9. The van der Waals surface area contributed by atoms with Crippen molar-refractivity contribution in [3.05, 3.63) is 348 Å². The van der Waals surface area contributed by atoms with Crippen LogP contribution in [0.3, 0.4) is 0 Å². The van der Waals surface area contributed by atoms with Crippen molar-refractivity contribution in [2.75, 3.05) is 0 Å². The smallest absolute Gasteiger partial charge is 0.308 e. The summed E-state index contributed by atoms with van der Waals surface area (Å²) < 4.78 is 356. The molecule has 0 radical (unpaired) electrons. The molecule has 0 amide bonds. The number of halogens is 24. The van der Waals surface area contributed by atoms with E-state index in [1.54, 1.807) is 167 Å². The van der Waals surface area contributed by atoms with Crippen molar-refractivity contribution in [2.45, 2.75) is 49.4 Å². The molecule has 18 rings (SSSR count). The molecule has 0 atom stereocenters. The summed E-state index contributed by atoms with van der Waals surface area (Å²) in [6.45, 7) is 0. The van der Waals surface area contributed by atoms with Crippen LogP contribution >= 0.6 is 0 Å². The van der Waals surface area contributed by atoms with Crippen molar-refractivity contribution >= 4 is 43.6 Å². The van der Waals surface area contributed by atoms with Crippen LogP contribution < -0.4 is 0 Å². The van der Waals surface area contributed by atoms with E-state index in [4.69, 9.17) is 29.9 Å². The number of hydrogen-bond acceptors (Lipinski definition) is 6. The van der Waals surface area contributed by atoms with Crippen LogP contribution in [0.25, 0.3) is 179 Å². The van der Waals surface area contributed by atoms with Crippen LogP contribution in [0.15, 0.2) is 303 Å². The molecule has 0 N–H and O–H groups in total. The molecular formula is C98H50F24N8. The van der Waals surface area contributed by atoms with Gasteiger partial charge in [0.05, 0.1) is 77.9 Å². The minimum Gasteiger partial charge on any atom is -0.308 e. The molecule has 4 aromatic heterocycles. The Labute approximate surface area is 717 Å². The first-order chi connectivity index (χ1) is 61.4. The number of aromatic nitrogens is 8. The lowest BCUT2D eigenvalue weighted by Crippen LogP contribution is -2.11. The molecule has 0 saturated carbocycles. The Morgan fingerprint density at radius 3 is 0.523 bits per heavy atom. The van der Waals surface area contributed by atoms with E-state index in [0.717, 1.165) is 0 Å². The second-order valence-corrected chi connectivity index (χ2v) is 30.3. The second-order valence-electron chi connectivity index (χ2n) is 30.3. The maximum absolute atomic E-state index is 14.7. The molecular weight excluding hydrogens is 1750 g/mol. The highest BCUT2D eigenvalue weighted by Gasteiger charge is 2.42. The van der Waals surface area contributed by atoms with Crippen molar-refractivity contribution in [2.24, 2.45) is 0 Å². The second kappa shape index (κ2) is 31.5. The SMILES string of the molecule is FC(F)(F)c1cc(-c2ccc3c(c2)c2cc(-c4cc(C(F)(F)F)cc(C(F)(F)F)c4)ccc2n3-c2ccc(-c3ccc(-n4c5ccc(-c6cc(C(F)(F)F)cc(C(F)(F)F)c6)cc5c5cc(-c6cc(C(F)(F)F)cc(C(F)(F)F)c6)ccc54)c(-c4nc(-c5ccccc5)nc(-c5ccccc5)n4)c3)cc2-c2nc(-c3ccccc3)nc(-c3ccccc3)n2)cc(C(F)(F)F)c1. The van der Waals surface area contributed by atoms with Crippen LogP contribution in [0.4, 0.5) is 105 Å². The number of hydrogen-bond donors (Lipinski definition) is 0. The van der Waals surface area contributed by atoms with Crippen LogP contribution in [0.2, 0.25) is 0 Å². The highest BCUT2D eigenvalue weighted by molar-refractivity contribution is 6.14. The van der Waals surface area contributed by atoms with Crippen molar-refractivity contribution in [3.8, 4) is 135 Å². The molecule has 0 saturated heterocycles. The van der Waals surface area contributed by atoms with Gasteiger partial charge in [0.2, 0.25) is 0 Å². The quantitative estimate of drug-likeness (QED) is 0.107. The van der Waals surface area contributed by atoms with Crippen LogP contribution in [-0.4, -0.2) is 39.0 Å². The summed E-state index contributed by atoms with van der Waals surface area (Å²) >= 11 is 0. The molecule has 4 heterocycles. The molecule has 0 unspecified atom stereocenters. The van der Waals surface area contributed by atoms with Gasteiger partial charge < -0.3 is 9.13 Å². The zero-order valence-electron chi connectivity index (χ0n) is 65.5. The molecule has 18 aromatic rings. The topological polar surface area (TPSA) is 87.2 Å². The Balaban J connectivity index is 0.934. The van der Waals surface area contributed by atoms with Gasteiger partial charge in [0, 0.05) is 54.9 Å². The van der Waals surface area contributed by atoms with E-state index < -0.39 is 116 Å². The van der Waals surface area contributed by atoms with Gasteiger partial charge in [-0.25, -0.2) is 29.9 Å². The average molecular weight is 1800 g/mol. The minimum atomic E-state index is -5.35. The van der Waals surface area contributed by atoms with Gasteiger partial charge in [0.15, 0.2) is 34.9 Å². The third-order valence-electron chi connectivity index (χ3n) is 21.9. The largest absolute Gasteiger partial charge is 0.416 e. The number of alkyl halides is 24. The van der Waals surface area contributed by atoms with Crippen molar-refractivity contribution < 1.29 is 105 Å². The Hall–Kier alpha value is -15.0. The van der Waals surface area contributed by atoms with Crippen LogP contribution in [0.1, 0.15) is 44.5 Å². The maximum atomic E-state index is 14.7. The van der Waals surface area contributed by atoms with E-state index in [0.29, 0.717) is 70.8 Å². The lowest BCUT2D eigenvalue weighted by Gasteiger charge is -2.18. The fourth-order valence-corrected chi connectivity index (χ4v) is 15.8. The highest BCUT2D eigenvalue weighted by atomic mass is 19.4. The molecule has 0 aliphatic rings. The summed E-state index contributed by atoms with van der Waals surface area (Å²) in [7, 11) is 0. The first-order valence-electron chi connectivity index (χ1n) is 38.8. The lowest BCUT2D eigenvalue weighted by molar-refractivity contribution is -0.144. The fourth-order valence-electron chi connectivity index (χ4n) is 15.8. The van der Waals surface area contributed by atoms with Gasteiger partial charge in [-0.1, -0.05) is 158 Å². The molecule has 8 nitrogen and oxygen atoms in total. The number of nitrogens with zero attached hydrogens (tertiary/aromatic N) is 8. The van der Waals surface area contributed by atoms with Gasteiger partial charge in [-0.05, 0) is 201 Å². The molecule has 0 bridgehead atoms. The normalized spacial score (nSPS) is 12.8. The molecule has 32 heteroatoms. The lowest BCUT2D eigenvalue weighted by atomic mass is 9.96. The van der Waals surface area contributed by atoms with E-state index in [1.165, 1.54) is 72.8 Å². The first-order valence-corrected chi connectivity index (χ1v) is 38.8. The molecule has 650 valence electrons. The average Bonchev–Trinajstić information content (AvgIpc) is 1.57. The van der Waals surface area contributed by atoms with Gasteiger partial charge in [0.25, 0.3) is 0 Å². The van der Waals surface area contributed by atoms with Gasteiger partial charge in [-0.2, -0.15) is 105 Å². The molecule has 0 spiro atoms. The van der Waals surface area contributed by atoms with Crippen LogP contribution in [0, 0.1) is 0 Å². The van der Waals surface area contributed by atoms with E-state index in [-0.39, 0.29) is 159 Å². The van der Waals surface area contributed by atoms with Gasteiger partial charge >= 0.3 is 49.4 Å². The zero-order valence-corrected chi connectivity index (χ0v) is 65.5. The number of rotatable bonds is 13. The minimum absolute atomic E-state index is 0.0405. The molecule has 0 aliphatic heterocycles. The molecule has 130 heavy (non-hydrogen) atoms. The predicted molar refractivity (Wildman–Crippen MR) is 442 cm³/mol. The van der Waals surface area contributed by atoms with Crippen LogP contribution in [0.5, 0.6) is 0 Å². The summed E-state index contributed by atoms with van der Waals surface area (Å²) in [6.07, 6.45) is -42.8. The first kappa shape index (κ1) is 85.8. The molecule has 14 aromatic carbocycles. The van der Waals surface area contributed by atoms with Gasteiger partial charge in [-0.15, -0.1) is 0 Å². The fraction of sp³-hybridized carbons (Fsp3) is 0.0816. The van der Waals surface area contributed by atoms with E-state index >= 15 is 0 Å². The molecule has 0 aliphatic carbocycles. The van der Waals surface area contributed by atoms with Crippen LogP contribution in [-0.2, 0) is 49.4 Å².